The standard InChI is InChI=1S/C25H53NO.ClH/c1-7-8-9-10-11-12-13-14-15-19-25(26(5)6)22-27-21-20-24(4)18-16-17-23(2)3;/h23-25H,7-22H2,1-6H3;1H/p-1. The van der Waals surface area contributed by atoms with Crippen molar-refractivity contribution in [3.8, 4) is 0 Å². The molecule has 0 heterocycles. The van der Waals surface area contributed by atoms with Gasteiger partial charge in [-0.25, -0.2) is 0 Å². The van der Waals surface area contributed by atoms with E-state index in [-0.39, 0.29) is 12.4 Å². The lowest BCUT2D eigenvalue weighted by molar-refractivity contribution is -0.00000756. The second-order valence-electron chi connectivity index (χ2n) is 9.53. The summed E-state index contributed by atoms with van der Waals surface area (Å²) in [6, 6.07) is 0.589. The summed E-state index contributed by atoms with van der Waals surface area (Å²) >= 11 is 0. The van der Waals surface area contributed by atoms with Crippen LogP contribution in [0.4, 0.5) is 0 Å². The number of halogens is 1. The summed E-state index contributed by atoms with van der Waals surface area (Å²) in [7, 11) is 4.41. The van der Waals surface area contributed by atoms with Crippen molar-refractivity contribution in [2.24, 2.45) is 11.8 Å². The molecule has 0 amide bonds. The number of rotatable bonds is 20. The lowest BCUT2D eigenvalue weighted by atomic mass is 9.98. The molecule has 28 heavy (non-hydrogen) atoms. The van der Waals surface area contributed by atoms with E-state index in [2.05, 4.69) is 46.7 Å². The number of ether oxygens (including phenoxy) is 1. The number of likely N-dealkylation sites (N-methyl/N-ethyl adjacent to an activating group) is 1. The maximum atomic E-state index is 6.05. The van der Waals surface area contributed by atoms with Gasteiger partial charge in [0.15, 0.2) is 0 Å². The van der Waals surface area contributed by atoms with E-state index in [9.17, 15) is 0 Å². The van der Waals surface area contributed by atoms with Crippen LogP contribution >= 0.6 is 0 Å². The van der Waals surface area contributed by atoms with E-state index < -0.39 is 0 Å². The molecule has 0 radical (unpaired) electrons. The summed E-state index contributed by atoms with van der Waals surface area (Å²) in [5, 5.41) is 0. The molecule has 2 atom stereocenters. The first kappa shape index (κ1) is 30.4. The van der Waals surface area contributed by atoms with Gasteiger partial charge in [0.2, 0.25) is 0 Å². The van der Waals surface area contributed by atoms with Crippen molar-refractivity contribution < 1.29 is 17.1 Å². The van der Waals surface area contributed by atoms with E-state index in [4.69, 9.17) is 4.74 Å². The second kappa shape index (κ2) is 21.9. The number of unbranched alkanes of at least 4 members (excludes halogenated alkanes) is 8. The van der Waals surface area contributed by atoms with Gasteiger partial charge in [-0.2, -0.15) is 0 Å². The Kier molecular flexibility index (Phi) is 23.8. The maximum Gasteiger partial charge on any atom is 0.0621 e. The predicted octanol–water partition coefficient (Wildman–Crippen LogP) is 4.71. The third kappa shape index (κ3) is 20.9. The van der Waals surface area contributed by atoms with Gasteiger partial charge in [0.05, 0.1) is 6.61 Å². The Morgan fingerprint density at radius 3 is 1.79 bits per heavy atom. The number of hydrogen-bond donors (Lipinski definition) is 0. The van der Waals surface area contributed by atoms with Crippen LogP contribution in [-0.4, -0.2) is 38.3 Å². The highest BCUT2D eigenvalue weighted by Gasteiger charge is 2.12. The fourth-order valence-electron chi connectivity index (χ4n) is 3.70. The molecule has 0 N–H and O–H groups in total. The maximum absolute atomic E-state index is 6.05. The first-order chi connectivity index (χ1) is 13.0. The van der Waals surface area contributed by atoms with Gasteiger partial charge in [0.25, 0.3) is 0 Å². The summed E-state index contributed by atoms with van der Waals surface area (Å²) < 4.78 is 6.05. The minimum absolute atomic E-state index is 0. The molecule has 2 unspecified atom stereocenters. The molecule has 0 saturated heterocycles. The molecule has 0 saturated carbocycles. The summed E-state index contributed by atoms with van der Waals surface area (Å²) in [5.41, 5.74) is 0. The zero-order chi connectivity index (χ0) is 20.3. The molecule has 3 heteroatoms. The first-order valence-corrected chi connectivity index (χ1v) is 12.2. The monoisotopic (exact) mass is 418 g/mol. The van der Waals surface area contributed by atoms with Crippen LogP contribution in [0.1, 0.15) is 118 Å². The summed E-state index contributed by atoms with van der Waals surface area (Å²) in [5.74, 6) is 1.65. The third-order valence-electron chi connectivity index (χ3n) is 5.91. The summed E-state index contributed by atoms with van der Waals surface area (Å²) in [6.07, 6.45) is 19.3. The zero-order valence-electron chi connectivity index (χ0n) is 20.3. The van der Waals surface area contributed by atoms with Crippen LogP contribution < -0.4 is 12.4 Å². The summed E-state index contributed by atoms with van der Waals surface area (Å²) in [6.45, 7) is 11.2. The quantitative estimate of drug-likeness (QED) is 0.265. The highest BCUT2D eigenvalue weighted by atomic mass is 35.5. The summed E-state index contributed by atoms with van der Waals surface area (Å²) in [4.78, 5) is 2.36. The highest BCUT2D eigenvalue weighted by Crippen LogP contribution is 2.16. The Morgan fingerprint density at radius 1 is 0.679 bits per heavy atom. The van der Waals surface area contributed by atoms with E-state index in [0.717, 1.165) is 25.0 Å². The fraction of sp³-hybridized carbons (Fsp3) is 1.00. The normalized spacial score (nSPS) is 13.7. The molecule has 0 aromatic rings. The van der Waals surface area contributed by atoms with E-state index in [0.29, 0.717) is 6.04 Å². The third-order valence-corrected chi connectivity index (χ3v) is 5.91. The Bertz CT molecular complexity index is 296. The SMILES string of the molecule is CCCCCCCCCCCC(COCCC(C)CCCC(C)C)N(C)C.[Cl-]. The Morgan fingerprint density at radius 2 is 1.25 bits per heavy atom. The lowest BCUT2D eigenvalue weighted by Crippen LogP contribution is -3.00. The molecule has 0 spiro atoms. The lowest BCUT2D eigenvalue weighted by Gasteiger charge is -2.24. The van der Waals surface area contributed by atoms with Crippen LogP contribution in [-0.2, 0) is 4.74 Å². The predicted molar refractivity (Wildman–Crippen MR) is 123 cm³/mol. The smallest absolute Gasteiger partial charge is 0.0621 e. The van der Waals surface area contributed by atoms with Crippen molar-refractivity contribution in [1.82, 2.24) is 4.90 Å². The van der Waals surface area contributed by atoms with Crippen LogP contribution in [0.5, 0.6) is 0 Å². The van der Waals surface area contributed by atoms with E-state index >= 15 is 0 Å². The van der Waals surface area contributed by atoms with Gasteiger partial charge >= 0.3 is 0 Å². The average Bonchev–Trinajstić information content (AvgIpc) is 2.61. The van der Waals surface area contributed by atoms with E-state index in [1.165, 1.54) is 89.9 Å². The molecule has 172 valence electrons. The van der Waals surface area contributed by atoms with Crippen LogP contribution in [0.3, 0.4) is 0 Å². The van der Waals surface area contributed by atoms with Crippen molar-refractivity contribution in [3.63, 3.8) is 0 Å². The van der Waals surface area contributed by atoms with Crippen molar-refractivity contribution in [3.05, 3.63) is 0 Å². The average molecular weight is 419 g/mol. The molecule has 0 fully saturated rings. The molecule has 0 aromatic carbocycles. The Labute approximate surface area is 185 Å². The fourth-order valence-corrected chi connectivity index (χ4v) is 3.70. The van der Waals surface area contributed by atoms with Crippen molar-refractivity contribution in [2.45, 2.75) is 124 Å². The van der Waals surface area contributed by atoms with Crippen LogP contribution in [0.25, 0.3) is 0 Å². The number of hydrogen-bond acceptors (Lipinski definition) is 2. The van der Waals surface area contributed by atoms with Gasteiger partial charge < -0.3 is 22.0 Å². The first-order valence-electron chi connectivity index (χ1n) is 12.2. The molecule has 0 bridgehead atoms. The number of nitrogens with zero attached hydrogens (tertiary/aromatic N) is 1. The van der Waals surface area contributed by atoms with E-state index in [1.54, 1.807) is 0 Å². The largest absolute Gasteiger partial charge is 1.00 e. The van der Waals surface area contributed by atoms with Crippen LogP contribution in [0, 0.1) is 11.8 Å². The van der Waals surface area contributed by atoms with E-state index in [1.807, 2.05) is 0 Å². The van der Waals surface area contributed by atoms with Gasteiger partial charge in [0, 0.05) is 12.6 Å². The van der Waals surface area contributed by atoms with Gasteiger partial charge in [0.1, 0.15) is 0 Å². The minimum atomic E-state index is 0. The molecule has 0 aliphatic rings. The van der Waals surface area contributed by atoms with Crippen LogP contribution in [0.2, 0.25) is 0 Å². The molecule has 0 rings (SSSR count). The zero-order valence-corrected chi connectivity index (χ0v) is 21.0. The van der Waals surface area contributed by atoms with Gasteiger partial charge in [-0.1, -0.05) is 105 Å². The molecule has 0 aliphatic carbocycles. The Balaban J connectivity index is 0. The minimum Gasteiger partial charge on any atom is -1.00 e. The molecule has 0 aromatic heterocycles. The van der Waals surface area contributed by atoms with Crippen LogP contribution in [0.15, 0.2) is 0 Å². The molecular formula is C25H53ClNO-. The van der Waals surface area contributed by atoms with Crippen molar-refractivity contribution >= 4 is 0 Å². The topological polar surface area (TPSA) is 12.5 Å². The molecular weight excluding hydrogens is 366 g/mol. The van der Waals surface area contributed by atoms with Gasteiger partial charge in [-0.05, 0) is 38.8 Å². The van der Waals surface area contributed by atoms with Gasteiger partial charge in [-0.15, -0.1) is 0 Å². The molecule has 2 nitrogen and oxygen atoms in total. The highest BCUT2D eigenvalue weighted by molar-refractivity contribution is 4.66. The van der Waals surface area contributed by atoms with Crippen molar-refractivity contribution in [1.29, 1.82) is 0 Å². The second-order valence-corrected chi connectivity index (χ2v) is 9.53. The van der Waals surface area contributed by atoms with Crippen molar-refractivity contribution in [2.75, 3.05) is 27.3 Å². The van der Waals surface area contributed by atoms with Gasteiger partial charge in [-0.3, -0.25) is 0 Å². The molecule has 0 aliphatic heterocycles. The Hall–Kier alpha value is 0.210.